The molecular formula is C19H18N4O4. The first kappa shape index (κ1) is 18.1. The fourth-order valence-corrected chi connectivity index (χ4v) is 2.77. The van der Waals surface area contributed by atoms with E-state index in [1.54, 1.807) is 43.8 Å². The van der Waals surface area contributed by atoms with Crippen molar-refractivity contribution < 1.29 is 19.4 Å². The number of carbonyl (C=O) groups excluding carboxylic acids is 1. The first-order valence-electron chi connectivity index (χ1n) is 8.11. The predicted molar refractivity (Wildman–Crippen MR) is 96.8 cm³/mol. The van der Waals surface area contributed by atoms with E-state index in [2.05, 4.69) is 10.1 Å². The summed E-state index contributed by atoms with van der Waals surface area (Å²) >= 11 is 0. The molecule has 2 aromatic heterocycles. The average Bonchev–Trinajstić information content (AvgIpc) is 3.18. The van der Waals surface area contributed by atoms with E-state index in [0.29, 0.717) is 17.0 Å². The monoisotopic (exact) mass is 366 g/mol. The summed E-state index contributed by atoms with van der Waals surface area (Å²) in [5.74, 6) is -1.00. The number of methoxy groups -OCH3 is 1. The van der Waals surface area contributed by atoms with Gasteiger partial charge >= 0.3 is 5.97 Å². The molecule has 8 heteroatoms. The van der Waals surface area contributed by atoms with Crippen LogP contribution in [0.25, 0.3) is 5.69 Å². The van der Waals surface area contributed by atoms with Crippen LogP contribution >= 0.6 is 0 Å². The molecule has 0 unspecified atom stereocenters. The van der Waals surface area contributed by atoms with Crippen LogP contribution < -0.4 is 4.74 Å². The Hall–Kier alpha value is -3.68. The van der Waals surface area contributed by atoms with Gasteiger partial charge < -0.3 is 14.7 Å². The Labute approximate surface area is 155 Å². The molecule has 0 fully saturated rings. The topological polar surface area (TPSA) is 97.5 Å². The Morgan fingerprint density at radius 3 is 2.63 bits per heavy atom. The van der Waals surface area contributed by atoms with Crippen molar-refractivity contribution in [2.45, 2.75) is 6.04 Å². The van der Waals surface area contributed by atoms with Crippen molar-refractivity contribution in [2.75, 3.05) is 14.2 Å². The Bertz CT molecular complexity index is 955. The molecule has 8 nitrogen and oxygen atoms in total. The second kappa shape index (κ2) is 7.69. The second-order valence-corrected chi connectivity index (χ2v) is 5.79. The maximum Gasteiger partial charge on any atom is 0.331 e. The van der Waals surface area contributed by atoms with Gasteiger partial charge in [-0.1, -0.05) is 18.2 Å². The van der Waals surface area contributed by atoms with E-state index >= 15 is 0 Å². The quantitative estimate of drug-likeness (QED) is 0.718. The minimum Gasteiger partial charge on any atom is -0.494 e. The van der Waals surface area contributed by atoms with Crippen molar-refractivity contribution in [2.24, 2.45) is 0 Å². The molecule has 0 aliphatic carbocycles. The van der Waals surface area contributed by atoms with Crippen molar-refractivity contribution in [3.05, 3.63) is 72.3 Å². The van der Waals surface area contributed by atoms with Gasteiger partial charge in [-0.3, -0.25) is 9.78 Å². The lowest BCUT2D eigenvalue weighted by Gasteiger charge is -2.24. The first-order chi connectivity index (χ1) is 13.0. The summed E-state index contributed by atoms with van der Waals surface area (Å²) in [7, 11) is 2.99. The summed E-state index contributed by atoms with van der Waals surface area (Å²) in [5.41, 5.74) is 1.35. The van der Waals surface area contributed by atoms with Crippen molar-refractivity contribution in [3.63, 3.8) is 0 Å². The number of para-hydroxylation sites is 2. The molecule has 0 radical (unpaired) electrons. The molecule has 1 atom stereocenters. The zero-order valence-corrected chi connectivity index (χ0v) is 14.8. The molecule has 138 valence electrons. The Kier molecular flexibility index (Phi) is 5.16. The van der Waals surface area contributed by atoms with Crippen molar-refractivity contribution in [1.29, 1.82) is 0 Å². The van der Waals surface area contributed by atoms with Gasteiger partial charge in [-0.25, -0.2) is 9.48 Å². The molecule has 0 bridgehead atoms. The number of carboxylic acid groups (broad SMARTS) is 1. The number of hydrogen-bond donors (Lipinski definition) is 1. The highest BCUT2D eigenvalue weighted by molar-refractivity contribution is 5.96. The summed E-state index contributed by atoms with van der Waals surface area (Å²) < 4.78 is 6.82. The molecule has 3 aromatic rings. The van der Waals surface area contributed by atoms with Crippen LogP contribution in [0.3, 0.4) is 0 Å². The van der Waals surface area contributed by atoms with Gasteiger partial charge in [0.15, 0.2) is 6.04 Å². The highest BCUT2D eigenvalue weighted by Gasteiger charge is 2.29. The molecule has 1 N–H and O–H groups in total. The van der Waals surface area contributed by atoms with Gasteiger partial charge in [0.05, 0.1) is 18.9 Å². The standard InChI is InChI=1S/C19H18N4O4/c1-22(17(19(25)26)13-6-5-9-20-10-13)18(24)14-11-21-23(12-14)15-7-3-4-8-16(15)27-2/h3-12,17H,1-2H3,(H,25,26)/t17-/m1/s1. The van der Waals surface area contributed by atoms with Crippen molar-refractivity contribution in [1.82, 2.24) is 19.7 Å². The fraction of sp³-hybridized carbons (Fsp3) is 0.158. The number of amides is 1. The molecule has 0 spiro atoms. The number of benzene rings is 1. The molecule has 2 heterocycles. The molecule has 0 aliphatic heterocycles. The molecule has 0 saturated carbocycles. The van der Waals surface area contributed by atoms with Crippen LogP contribution in [0.5, 0.6) is 5.75 Å². The van der Waals surface area contributed by atoms with Crippen LogP contribution in [0.15, 0.2) is 61.2 Å². The number of pyridine rings is 1. The molecule has 3 rings (SSSR count). The van der Waals surface area contributed by atoms with Crippen LogP contribution in [0.4, 0.5) is 0 Å². The number of aliphatic carboxylic acids is 1. The van der Waals surface area contributed by atoms with Gasteiger partial charge in [-0.15, -0.1) is 0 Å². The summed E-state index contributed by atoms with van der Waals surface area (Å²) in [6, 6.07) is 9.35. The molecule has 27 heavy (non-hydrogen) atoms. The average molecular weight is 366 g/mol. The lowest BCUT2D eigenvalue weighted by atomic mass is 10.1. The lowest BCUT2D eigenvalue weighted by molar-refractivity contribution is -0.142. The van der Waals surface area contributed by atoms with Gasteiger partial charge in [0.25, 0.3) is 5.91 Å². The Morgan fingerprint density at radius 2 is 1.96 bits per heavy atom. The fourth-order valence-electron chi connectivity index (χ4n) is 2.77. The number of nitrogens with zero attached hydrogens (tertiary/aromatic N) is 4. The minimum absolute atomic E-state index is 0.263. The van der Waals surface area contributed by atoms with Crippen LogP contribution in [-0.4, -0.2) is 50.8 Å². The lowest BCUT2D eigenvalue weighted by Crippen LogP contribution is -2.35. The number of rotatable bonds is 6. The highest BCUT2D eigenvalue weighted by atomic mass is 16.5. The van der Waals surface area contributed by atoms with Gasteiger partial charge in [-0.2, -0.15) is 5.10 Å². The maximum absolute atomic E-state index is 12.8. The predicted octanol–water partition coefficient (Wildman–Crippen LogP) is 2.17. The SMILES string of the molecule is COc1ccccc1-n1cc(C(=O)N(C)[C@@H](C(=O)O)c2cccnc2)cn1. The molecular weight excluding hydrogens is 348 g/mol. The van der Waals surface area contributed by atoms with Gasteiger partial charge in [0.2, 0.25) is 0 Å². The highest BCUT2D eigenvalue weighted by Crippen LogP contribution is 2.24. The first-order valence-corrected chi connectivity index (χ1v) is 8.11. The second-order valence-electron chi connectivity index (χ2n) is 5.79. The summed E-state index contributed by atoms with van der Waals surface area (Å²) in [6.45, 7) is 0. The smallest absolute Gasteiger partial charge is 0.331 e. The van der Waals surface area contributed by atoms with Gasteiger partial charge in [0, 0.05) is 31.2 Å². The van der Waals surface area contributed by atoms with Crippen LogP contribution in [-0.2, 0) is 4.79 Å². The van der Waals surface area contributed by atoms with E-state index in [9.17, 15) is 14.7 Å². The number of carbonyl (C=O) groups is 2. The third-order valence-corrected chi connectivity index (χ3v) is 4.10. The Morgan fingerprint density at radius 1 is 1.19 bits per heavy atom. The van der Waals surface area contributed by atoms with Gasteiger partial charge in [-0.05, 0) is 18.2 Å². The van der Waals surface area contributed by atoms with E-state index in [4.69, 9.17) is 4.74 Å². The van der Waals surface area contributed by atoms with Crippen LogP contribution in [0.1, 0.15) is 22.0 Å². The number of likely N-dealkylation sites (N-methyl/N-ethyl adjacent to an activating group) is 1. The van der Waals surface area contributed by atoms with Crippen molar-refractivity contribution >= 4 is 11.9 Å². The summed E-state index contributed by atoms with van der Waals surface area (Å²) in [6.07, 6.45) is 5.91. The van der Waals surface area contributed by atoms with Crippen molar-refractivity contribution in [3.8, 4) is 11.4 Å². The number of hydrogen-bond acceptors (Lipinski definition) is 5. The van der Waals surface area contributed by atoms with E-state index in [-0.39, 0.29) is 5.56 Å². The molecule has 1 aromatic carbocycles. The zero-order chi connectivity index (χ0) is 19.4. The molecule has 0 aliphatic rings. The normalized spacial score (nSPS) is 11.6. The third kappa shape index (κ3) is 3.64. The Balaban J connectivity index is 1.89. The molecule has 1 amide bonds. The summed E-state index contributed by atoms with van der Waals surface area (Å²) in [4.78, 5) is 29.6. The van der Waals surface area contributed by atoms with E-state index in [0.717, 1.165) is 4.90 Å². The molecule has 0 saturated heterocycles. The van der Waals surface area contributed by atoms with Crippen LogP contribution in [0, 0.1) is 0 Å². The maximum atomic E-state index is 12.8. The largest absolute Gasteiger partial charge is 0.494 e. The summed E-state index contributed by atoms with van der Waals surface area (Å²) in [5, 5.41) is 13.8. The number of ether oxygens (including phenoxy) is 1. The van der Waals surface area contributed by atoms with E-state index in [1.165, 1.54) is 24.1 Å². The number of carboxylic acids is 1. The van der Waals surface area contributed by atoms with Gasteiger partial charge in [0.1, 0.15) is 11.4 Å². The van der Waals surface area contributed by atoms with E-state index < -0.39 is 17.9 Å². The zero-order valence-electron chi connectivity index (χ0n) is 14.8. The third-order valence-electron chi connectivity index (χ3n) is 4.10. The van der Waals surface area contributed by atoms with E-state index in [1.807, 2.05) is 12.1 Å². The minimum atomic E-state index is -1.15. The van der Waals surface area contributed by atoms with Crippen LogP contribution in [0.2, 0.25) is 0 Å². The number of aromatic nitrogens is 3.